The molecule has 5 atom stereocenters. The van der Waals surface area contributed by atoms with Gasteiger partial charge in [0.25, 0.3) is 0 Å². The van der Waals surface area contributed by atoms with Gasteiger partial charge in [-0.2, -0.15) is 0 Å². The molecule has 2 aliphatic rings. The van der Waals surface area contributed by atoms with Crippen LogP contribution < -0.4 is 4.48 Å². The van der Waals surface area contributed by atoms with E-state index in [1.54, 1.807) is 17.9 Å². The van der Waals surface area contributed by atoms with Gasteiger partial charge in [0.1, 0.15) is 0 Å². The molecule has 4 rings (SSSR count). The summed E-state index contributed by atoms with van der Waals surface area (Å²) in [6.07, 6.45) is 1.18. The number of aliphatic hydroxyl groups excluding tert-OH is 2. The quantitative estimate of drug-likeness (QED) is 0.289. The molecule has 2 aromatic heterocycles. The first kappa shape index (κ1) is 20.1. The van der Waals surface area contributed by atoms with Crippen LogP contribution in [0.4, 0.5) is 0 Å². The molecule has 12 heteroatoms. The van der Waals surface area contributed by atoms with Crippen LogP contribution in [0, 0.1) is 0 Å². The maximum absolute atomic E-state index is 10.7. The number of aromatic nitrogens is 4. The van der Waals surface area contributed by atoms with Gasteiger partial charge in [0.15, 0.2) is 0 Å². The molecule has 0 aromatic carbocycles. The zero-order valence-corrected chi connectivity index (χ0v) is 17.9. The van der Waals surface area contributed by atoms with Crippen LogP contribution in [0.2, 0.25) is 4.71 Å². The molecule has 0 bridgehead atoms. The molecule has 0 aliphatic carbocycles. The number of fused-ring (bicyclic) bond motifs is 1. The first-order valence-electron chi connectivity index (χ1n) is 8.87. The first-order chi connectivity index (χ1) is 13.6. The van der Waals surface area contributed by atoms with E-state index >= 15 is 0 Å². The van der Waals surface area contributed by atoms with Crippen LogP contribution in [-0.4, -0.2) is 101 Å². The average Bonchev–Trinajstić information content (AvgIpc) is 3.42. The predicted octanol–water partition coefficient (Wildman–Crippen LogP) is -1.28. The number of imidazole rings is 1. The van der Waals surface area contributed by atoms with Gasteiger partial charge in [-0.3, -0.25) is 0 Å². The van der Waals surface area contributed by atoms with E-state index in [0.29, 0.717) is 28.0 Å². The molecule has 2 aromatic rings. The first-order valence-corrected chi connectivity index (χ1v) is 11.8. The molecular formula is C16H21AsN5O5S. The van der Waals surface area contributed by atoms with Crippen molar-refractivity contribution in [3.8, 4) is 0 Å². The molecular weight excluding hydrogens is 449 g/mol. The molecule has 0 spiro atoms. The van der Waals surface area contributed by atoms with Crippen LogP contribution in [0.15, 0.2) is 12.7 Å². The normalized spacial score (nSPS) is 30.6. The monoisotopic (exact) mass is 470 g/mol. The van der Waals surface area contributed by atoms with Crippen molar-refractivity contribution >= 4 is 49.8 Å². The Morgan fingerprint density at radius 3 is 3.00 bits per heavy atom. The second-order valence-corrected chi connectivity index (χ2v) is 10.8. The van der Waals surface area contributed by atoms with E-state index in [1.165, 1.54) is 22.6 Å². The molecule has 2 aliphatic heterocycles. The summed E-state index contributed by atoms with van der Waals surface area (Å²) in [6.45, 7) is 1.55. The Morgan fingerprint density at radius 2 is 2.25 bits per heavy atom. The van der Waals surface area contributed by atoms with Gasteiger partial charge >= 0.3 is 172 Å². The number of ether oxygens (including phenoxy) is 2. The topological polar surface area (TPSA) is 123 Å². The Labute approximate surface area is 172 Å². The minimum absolute atomic E-state index is 0.204. The summed E-state index contributed by atoms with van der Waals surface area (Å²) in [7, 11) is 1.62. The van der Waals surface area contributed by atoms with Gasteiger partial charge in [0, 0.05) is 0 Å². The summed E-state index contributed by atoms with van der Waals surface area (Å²) in [5.41, 5.74) is 1.28. The van der Waals surface area contributed by atoms with Crippen LogP contribution in [-0.2, 0) is 14.3 Å². The number of carbonyl (C=O) groups is 1. The predicted molar refractivity (Wildman–Crippen MR) is 102 cm³/mol. The fourth-order valence-electron chi connectivity index (χ4n) is 3.24. The van der Waals surface area contributed by atoms with Gasteiger partial charge in [0.05, 0.1) is 0 Å². The Morgan fingerprint density at radius 1 is 1.39 bits per heavy atom. The van der Waals surface area contributed by atoms with Gasteiger partial charge in [-0.05, 0) is 0 Å². The van der Waals surface area contributed by atoms with Crippen LogP contribution in [0.5, 0.6) is 0 Å². The van der Waals surface area contributed by atoms with E-state index in [4.69, 9.17) is 9.47 Å². The number of rotatable bonds is 7. The van der Waals surface area contributed by atoms with Crippen molar-refractivity contribution in [1.29, 1.82) is 0 Å². The molecule has 1 radical (unpaired) electrons. The van der Waals surface area contributed by atoms with Crippen molar-refractivity contribution in [3.63, 3.8) is 0 Å². The SMILES string of the molecule is CN(C=O)SC[C@H]1O[C@@H](n2cnc3c([As][C@@H]4CCOC4)ncnc32)[C@H](O)[C@@H]1O. The minimum atomic E-state index is -1.13. The fraction of sp³-hybridized carbons (Fsp3) is 0.625. The van der Waals surface area contributed by atoms with E-state index in [1.807, 2.05) is 0 Å². The second-order valence-electron chi connectivity index (χ2n) is 6.66. The molecule has 2 saturated heterocycles. The summed E-state index contributed by atoms with van der Waals surface area (Å²) >= 11 is 1.01. The van der Waals surface area contributed by atoms with Crippen LogP contribution in [0.1, 0.15) is 12.6 Å². The molecule has 2 N–H and O–H groups in total. The summed E-state index contributed by atoms with van der Waals surface area (Å²) in [6, 6.07) is 0. The number of amides is 1. The zero-order chi connectivity index (χ0) is 19.7. The van der Waals surface area contributed by atoms with Crippen LogP contribution in [0.3, 0.4) is 0 Å². The molecule has 0 unspecified atom stereocenters. The number of aliphatic hydroxyl groups is 2. The average molecular weight is 470 g/mol. The molecule has 0 saturated carbocycles. The van der Waals surface area contributed by atoms with Gasteiger partial charge in [-0.15, -0.1) is 0 Å². The number of carbonyl (C=O) groups excluding carboxylic acids is 1. The van der Waals surface area contributed by atoms with E-state index in [2.05, 4.69) is 15.0 Å². The maximum atomic E-state index is 10.7. The van der Waals surface area contributed by atoms with E-state index in [9.17, 15) is 15.0 Å². The van der Waals surface area contributed by atoms with E-state index in [-0.39, 0.29) is 15.8 Å². The standard InChI is InChI=1S/C16H21AsN5O5S/c1-21(8-23)28-5-10-12(24)13(25)16(27-10)22-7-20-11-14(18-6-19-15(11)22)17-9-2-3-26-4-9/h6-10,12-13,16,24-25H,2-5H2,1H3/t9-,10-,12-,13-,16-/m1/s1. The molecule has 10 nitrogen and oxygen atoms in total. The van der Waals surface area contributed by atoms with E-state index < -0.39 is 24.5 Å². The summed E-state index contributed by atoms with van der Waals surface area (Å²) in [4.78, 5) is 23.9. The van der Waals surface area contributed by atoms with Crippen molar-refractivity contribution in [2.45, 2.75) is 35.7 Å². The molecule has 2 fully saturated rings. The van der Waals surface area contributed by atoms with Gasteiger partial charge < -0.3 is 0 Å². The zero-order valence-electron chi connectivity index (χ0n) is 15.2. The van der Waals surface area contributed by atoms with Crippen molar-refractivity contribution in [1.82, 2.24) is 23.8 Å². The fourth-order valence-corrected chi connectivity index (χ4v) is 6.38. The van der Waals surface area contributed by atoms with Gasteiger partial charge in [-0.1, -0.05) is 0 Å². The third-order valence-electron chi connectivity index (χ3n) is 4.75. The molecule has 1 amide bonds. The van der Waals surface area contributed by atoms with Crippen LogP contribution >= 0.6 is 11.9 Å². The molecule has 4 heterocycles. The molecule has 151 valence electrons. The van der Waals surface area contributed by atoms with Crippen LogP contribution in [0.25, 0.3) is 11.2 Å². The molecule has 28 heavy (non-hydrogen) atoms. The number of hydrogen-bond donors (Lipinski definition) is 2. The summed E-state index contributed by atoms with van der Waals surface area (Å²) < 4.78 is 15.8. The third kappa shape index (κ3) is 3.92. The third-order valence-corrected chi connectivity index (χ3v) is 8.54. The van der Waals surface area contributed by atoms with E-state index in [0.717, 1.165) is 24.1 Å². The Hall–Kier alpha value is -1.23. The Kier molecular flexibility index (Phi) is 6.19. The van der Waals surface area contributed by atoms with Crippen molar-refractivity contribution in [3.05, 3.63) is 12.7 Å². The number of hydrogen-bond acceptors (Lipinski definition) is 9. The number of nitrogens with zero attached hydrogens (tertiary/aromatic N) is 5. The van der Waals surface area contributed by atoms with Crippen molar-refractivity contribution < 1.29 is 24.5 Å². The van der Waals surface area contributed by atoms with Crippen molar-refractivity contribution in [2.24, 2.45) is 0 Å². The van der Waals surface area contributed by atoms with Gasteiger partial charge in [0.2, 0.25) is 0 Å². The van der Waals surface area contributed by atoms with Gasteiger partial charge in [-0.25, -0.2) is 0 Å². The summed E-state index contributed by atoms with van der Waals surface area (Å²) in [5.74, 6) is 0.336. The van der Waals surface area contributed by atoms with Crippen molar-refractivity contribution in [2.75, 3.05) is 26.0 Å². The Bertz CT molecular complexity index is 835. The summed E-state index contributed by atoms with van der Waals surface area (Å²) in [5, 5.41) is 20.9. The Balaban J connectivity index is 1.54. The second kappa shape index (κ2) is 8.64.